The van der Waals surface area contributed by atoms with E-state index in [1.807, 2.05) is 72.4 Å². The first-order chi connectivity index (χ1) is 21.3. The van der Waals surface area contributed by atoms with Crippen molar-refractivity contribution in [1.29, 1.82) is 0 Å². The Hall–Kier alpha value is -4.38. The van der Waals surface area contributed by atoms with Crippen LogP contribution in [0.4, 0.5) is 0 Å². The second-order valence-electron chi connectivity index (χ2n) is 10.3. The minimum absolute atomic E-state index is 0.133. The van der Waals surface area contributed by atoms with E-state index in [0.29, 0.717) is 0 Å². The van der Waals surface area contributed by atoms with E-state index in [4.69, 9.17) is 0 Å². The molecule has 208 valence electrons. The highest BCUT2D eigenvalue weighted by atomic mass is 32.2. The number of fused-ring (bicyclic) bond motifs is 2. The lowest BCUT2D eigenvalue weighted by molar-refractivity contribution is 1.16. The zero-order valence-corrected chi connectivity index (χ0v) is 25.4. The molecule has 6 aromatic carbocycles. The summed E-state index contributed by atoms with van der Waals surface area (Å²) in [6.07, 6.45) is 0.981. The first-order valence-electron chi connectivity index (χ1n) is 14.5. The summed E-state index contributed by atoms with van der Waals surface area (Å²) in [5.74, 6) is 0.969. The van der Waals surface area contributed by atoms with Crippen molar-refractivity contribution in [3.8, 4) is 0 Å². The zero-order chi connectivity index (χ0) is 29.3. The molecule has 0 aliphatic rings. The van der Waals surface area contributed by atoms with E-state index in [1.165, 1.54) is 22.0 Å². The van der Waals surface area contributed by atoms with E-state index >= 15 is 0 Å². The van der Waals surface area contributed by atoms with Crippen molar-refractivity contribution in [2.24, 2.45) is 0 Å². The first kappa shape index (κ1) is 28.7. The molecule has 0 aliphatic carbocycles. The molecule has 0 unspecified atom stereocenters. The van der Waals surface area contributed by atoms with E-state index in [1.54, 1.807) is 11.3 Å². The summed E-state index contributed by atoms with van der Waals surface area (Å²) >= 11 is 3.50. The van der Waals surface area contributed by atoms with Gasteiger partial charge < -0.3 is 0 Å². The van der Waals surface area contributed by atoms with E-state index in [2.05, 4.69) is 103 Å². The third kappa shape index (κ3) is 7.17. The fourth-order valence-electron chi connectivity index (χ4n) is 5.29. The normalized spacial score (nSPS) is 10.7. The maximum absolute atomic E-state index is 13.0. The molecule has 0 amide bonds. The molecule has 0 aliphatic heterocycles. The van der Waals surface area contributed by atoms with Crippen LogP contribution in [0.1, 0.15) is 5.56 Å². The SMILES string of the molecule is O=c1c2ccccc2sc2ccc(SCCc3ccc(B(c4ccccc4)c4ccccc4)cc3)cc12.c1ccccc1. The van der Waals surface area contributed by atoms with Crippen LogP contribution in [0.25, 0.3) is 20.2 Å². The molecule has 43 heavy (non-hydrogen) atoms. The van der Waals surface area contributed by atoms with Gasteiger partial charge in [0.2, 0.25) is 6.71 Å². The monoisotopic (exact) mass is 590 g/mol. The van der Waals surface area contributed by atoms with Crippen molar-refractivity contribution in [2.45, 2.75) is 11.3 Å². The molecule has 1 nitrogen and oxygen atoms in total. The van der Waals surface area contributed by atoms with Gasteiger partial charge in [-0.2, -0.15) is 0 Å². The van der Waals surface area contributed by atoms with Gasteiger partial charge >= 0.3 is 0 Å². The fourth-order valence-corrected chi connectivity index (χ4v) is 7.28. The fraction of sp³-hybridized carbons (Fsp3) is 0.0513. The van der Waals surface area contributed by atoms with Crippen LogP contribution >= 0.6 is 23.1 Å². The smallest absolute Gasteiger partial charge is 0.241 e. The van der Waals surface area contributed by atoms with Crippen LogP contribution in [0.15, 0.2) is 173 Å². The summed E-state index contributed by atoms with van der Waals surface area (Å²) in [4.78, 5) is 14.2. The molecular formula is C39H31BOS2. The summed E-state index contributed by atoms with van der Waals surface area (Å²) in [5.41, 5.74) is 5.38. The van der Waals surface area contributed by atoms with E-state index in [-0.39, 0.29) is 12.1 Å². The number of hydrogen-bond acceptors (Lipinski definition) is 3. The highest BCUT2D eigenvalue weighted by Gasteiger charge is 2.21. The lowest BCUT2D eigenvalue weighted by atomic mass is 9.37. The van der Waals surface area contributed by atoms with Gasteiger partial charge in [0, 0.05) is 30.8 Å². The van der Waals surface area contributed by atoms with E-state index in [0.717, 1.165) is 37.2 Å². The topological polar surface area (TPSA) is 17.1 Å². The Morgan fingerprint density at radius 3 is 1.65 bits per heavy atom. The lowest BCUT2D eigenvalue weighted by Crippen LogP contribution is -2.51. The Balaban J connectivity index is 0.000000491. The maximum atomic E-state index is 13.0. The predicted octanol–water partition coefficient (Wildman–Crippen LogP) is 7.95. The number of rotatable bonds is 7. The van der Waals surface area contributed by atoms with Gasteiger partial charge in [0.1, 0.15) is 0 Å². The van der Waals surface area contributed by atoms with Gasteiger partial charge in [-0.05, 0) is 42.3 Å². The van der Waals surface area contributed by atoms with Crippen molar-refractivity contribution in [1.82, 2.24) is 0 Å². The van der Waals surface area contributed by atoms with Crippen LogP contribution in [0, 0.1) is 0 Å². The largest absolute Gasteiger partial charge is 0.289 e. The summed E-state index contributed by atoms with van der Waals surface area (Å²) in [7, 11) is 0. The zero-order valence-electron chi connectivity index (χ0n) is 23.8. The highest BCUT2D eigenvalue weighted by Crippen LogP contribution is 2.28. The standard InChI is InChI=1S/C33H25BOS2.C6H6/c35-33-29-13-7-8-14-31(29)37-32-20-19-28(23-30(32)33)36-22-21-24-15-17-27(18-16-24)34(25-9-3-1-4-10-25)26-11-5-2-6-12-26;1-2-4-6-5-3-1/h1-20,23H,21-22H2;1-6H. The van der Waals surface area contributed by atoms with E-state index < -0.39 is 0 Å². The minimum Gasteiger partial charge on any atom is -0.289 e. The van der Waals surface area contributed by atoms with Gasteiger partial charge in [-0.15, -0.1) is 23.1 Å². The number of hydrogen-bond donors (Lipinski definition) is 0. The van der Waals surface area contributed by atoms with Crippen LogP contribution < -0.4 is 21.8 Å². The van der Waals surface area contributed by atoms with Crippen LogP contribution in [-0.2, 0) is 6.42 Å². The molecular weight excluding hydrogens is 559 g/mol. The van der Waals surface area contributed by atoms with Crippen molar-refractivity contribution in [3.05, 3.63) is 180 Å². The molecule has 0 spiro atoms. The van der Waals surface area contributed by atoms with Crippen LogP contribution in [-0.4, -0.2) is 12.5 Å². The number of benzene rings is 6. The van der Waals surface area contributed by atoms with Crippen LogP contribution in [0.3, 0.4) is 0 Å². The van der Waals surface area contributed by atoms with Gasteiger partial charge in [0.05, 0.1) is 0 Å². The Bertz CT molecular complexity index is 1890. The van der Waals surface area contributed by atoms with Crippen molar-refractivity contribution >= 4 is 66.4 Å². The predicted molar refractivity (Wildman–Crippen MR) is 190 cm³/mol. The molecule has 0 saturated carbocycles. The average molecular weight is 591 g/mol. The van der Waals surface area contributed by atoms with E-state index in [9.17, 15) is 4.79 Å². The van der Waals surface area contributed by atoms with Gasteiger partial charge in [-0.1, -0.05) is 150 Å². The van der Waals surface area contributed by atoms with Crippen molar-refractivity contribution < 1.29 is 0 Å². The molecule has 0 fully saturated rings. The lowest BCUT2D eigenvalue weighted by Gasteiger charge is -2.16. The molecule has 4 heteroatoms. The summed E-state index contributed by atoms with van der Waals surface area (Å²) < 4.78 is 2.10. The maximum Gasteiger partial charge on any atom is 0.241 e. The Morgan fingerprint density at radius 1 is 0.512 bits per heavy atom. The minimum atomic E-state index is 0.133. The second-order valence-corrected chi connectivity index (χ2v) is 12.6. The molecule has 1 aromatic heterocycles. The first-order valence-corrected chi connectivity index (χ1v) is 16.3. The number of thioether (sulfide) groups is 1. The van der Waals surface area contributed by atoms with Gasteiger partial charge in [-0.25, -0.2) is 0 Å². The summed E-state index contributed by atoms with van der Waals surface area (Å²) in [6, 6.07) is 56.7. The quantitative estimate of drug-likeness (QED) is 0.107. The Labute approximate surface area is 262 Å². The Kier molecular flexibility index (Phi) is 9.49. The molecule has 7 rings (SSSR count). The third-order valence-corrected chi connectivity index (χ3v) is 9.60. The molecule has 1 heterocycles. The molecule has 0 radical (unpaired) electrons. The van der Waals surface area contributed by atoms with Crippen molar-refractivity contribution in [3.63, 3.8) is 0 Å². The third-order valence-electron chi connectivity index (χ3n) is 7.45. The molecule has 0 atom stereocenters. The summed E-state index contributed by atoms with van der Waals surface area (Å²) in [6.45, 7) is 0.224. The van der Waals surface area contributed by atoms with Crippen LogP contribution in [0.2, 0.25) is 0 Å². The highest BCUT2D eigenvalue weighted by molar-refractivity contribution is 7.99. The summed E-state index contributed by atoms with van der Waals surface area (Å²) in [5, 5.41) is 1.64. The number of aryl methyl sites for hydroxylation is 1. The second kappa shape index (κ2) is 14.2. The molecule has 7 aromatic rings. The molecule has 0 N–H and O–H groups in total. The van der Waals surface area contributed by atoms with Gasteiger partial charge in [0.15, 0.2) is 5.43 Å². The Morgan fingerprint density at radius 2 is 1.02 bits per heavy atom. The van der Waals surface area contributed by atoms with Crippen molar-refractivity contribution in [2.75, 3.05) is 5.75 Å². The van der Waals surface area contributed by atoms with Gasteiger partial charge in [0.25, 0.3) is 0 Å². The van der Waals surface area contributed by atoms with Crippen LogP contribution in [0.5, 0.6) is 0 Å². The molecule has 0 saturated heterocycles. The average Bonchev–Trinajstić information content (AvgIpc) is 3.08. The van der Waals surface area contributed by atoms with Gasteiger partial charge in [-0.3, -0.25) is 4.79 Å². The molecule has 0 bridgehead atoms.